The van der Waals surface area contributed by atoms with E-state index in [0.29, 0.717) is 65.6 Å². The number of rotatable bonds is 8. The monoisotopic (exact) mass is 1470 g/mol. The number of halogens is 12. The number of benzene rings is 8. The molecule has 15 rings (SSSR count). The number of ether oxygens (including phenoxy) is 4. The van der Waals surface area contributed by atoms with E-state index in [-0.39, 0.29) is 78.6 Å². The third-order valence-electron chi connectivity index (χ3n) is 19.6. The van der Waals surface area contributed by atoms with Gasteiger partial charge in [0, 0.05) is 88.9 Å². The van der Waals surface area contributed by atoms with E-state index in [4.69, 9.17) is 47.6 Å². The predicted octanol–water partition coefficient (Wildman–Crippen LogP) is 18.4. The first-order valence-corrected chi connectivity index (χ1v) is 34.9. The molecule has 8 aromatic carbocycles. The minimum Gasteiger partial charge on any atom is -0.497 e. The van der Waals surface area contributed by atoms with Crippen molar-refractivity contribution in [2.75, 3.05) is 47.9 Å². The Morgan fingerprint density at radius 3 is 0.933 bits per heavy atom. The SMILES string of the molecule is NC[C@H]1CCC=CO1.NC[C@H]1CC[C@@H]2[C@H](O1)c1cc(C(F)(F)F)ccc1N[C@H]2c1ccccc1.NC[C@H]1CC[C@@H]2[C@H](O1)c1cc(C(F)(F)F)ccc1N[C@H]2c1ccccc1.NC[C@H]1CC[C@H]2[C@@H](c3ccccc3)Nc3ccc(C(F)(F)F)cc3[C@H]2O1.Nc1ccc(C(F)(F)F)cc1.O=Cc1ccccc1. The number of fused-ring (bicyclic) bond motifs is 9. The fraction of sp³-hybridized carbons (Fsp3) is 0.362. The zero-order valence-electron chi connectivity index (χ0n) is 57.2. The second-order valence-electron chi connectivity index (χ2n) is 26.6. The Kier molecular flexibility index (Phi) is 26.5. The van der Waals surface area contributed by atoms with Gasteiger partial charge >= 0.3 is 24.7 Å². The standard InChI is InChI=1S/3C20H21F3N2O.C7H6F3N.C7H6O.C6H11NO/c3*21-20(22,23)13-6-9-17-16(10-13)19-15(8-7-14(11-24)26-19)18(25-17)12-4-2-1-3-5-12;8-7(9,10)5-1-3-6(11)4-2-5;8-6-7-4-2-1-3-5-7;7-5-6-3-1-2-4-8-6/h3*1-6,9-10,14-15,18-19,25H,7-8,11,24H2;1-4H,11H2;1-6H;2,4,6H,1,3,5,7H2/t2*14-,15+,18+,19+;14-,15+,18-,19+;;;6-/m111..1/s1. The number of alkyl halides is 12. The molecule has 0 saturated carbocycles. The van der Waals surface area contributed by atoms with Crippen molar-refractivity contribution < 1.29 is 76.4 Å². The fourth-order valence-corrected chi connectivity index (χ4v) is 14.3. The molecule has 7 heterocycles. The molecule has 3 saturated heterocycles. The van der Waals surface area contributed by atoms with Crippen molar-refractivity contribution in [1.29, 1.82) is 0 Å². The zero-order chi connectivity index (χ0) is 75.1. The summed E-state index contributed by atoms with van der Waals surface area (Å²) in [6, 6.07) is 55.0. The van der Waals surface area contributed by atoms with Gasteiger partial charge in [-0.15, -0.1) is 0 Å². The van der Waals surface area contributed by atoms with E-state index in [2.05, 4.69) is 16.0 Å². The zero-order valence-corrected chi connectivity index (χ0v) is 57.2. The van der Waals surface area contributed by atoms with Gasteiger partial charge < -0.3 is 63.6 Å². The maximum Gasteiger partial charge on any atom is 0.416 e. The predicted molar refractivity (Wildman–Crippen MR) is 381 cm³/mol. The second-order valence-corrected chi connectivity index (χ2v) is 26.6. The van der Waals surface area contributed by atoms with Gasteiger partial charge in [-0.1, -0.05) is 121 Å². The lowest BCUT2D eigenvalue weighted by molar-refractivity contribution is -0.138. The van der Waals surface area contributed by atoms with Crippen molar-refractivity contribution in [3.05, 3.63) is 274 Å². The van der Waals surface area contributed by atoms with Crippen LogP contribution in [0.1, 0.15) is 154 Å². The van der Waals surface area contributed by atoms with Crippen molar-refractivity contribution in [3.63, 3.8) is 0 Å². The summed E-state index contributed by atoms with van der Waals surface area (Å²) in [5.41, 5.74) is 33.5. The van der Waals surface area contributed by atoms with E-state index in [1.165, 1.54) is 48.5 Å². The summed E-state index contributed by atoms with van der Waals surface area (Å²) in [7, 11) is 0. The van der Waals surface area contributed by atoms with Gasteiger partial charge in [0.25, 0.3) is 0 Å². The molecule has 0 radical (unpaired) electrons. The molecule has 105 heavy (non-hydrogen) atoms. The number of nitrogen functional groups attached to an aromatic ring is 1. The third-order valence-corrected chi connectivity index (χ3v) is 19.6. The molecule has 7 aliphatic rings. The molecule has 7 aliphatic heterocycles. The van der Waals surface area contributed by atoms with Gasteiger partial charge in [-0.05, 0) is 153 Å². The topological polar surface area (TPSA) is 220 Å². The van der Waals surface area contributed by atoms with E-state index in [1.807, 2.05) is 115 Å². The van der Waals surface area contributed by atoms with Crippen molar-refractivity contribution in [3.8, 4) is 0 Å². The van der Waals surface area contributed by atoms with Crippen LogP contribution in [-0.4, -0.2) is 56.9 Å². The average Bonchev–Trinajstić information content (AvgIpc) is 0.765. The van der Waals surface area contributed by atoms with Gasteiger partial charge in [0.1, 0.15) is 12.4 Å². The van der Waals surface area contributed by atoms with Gasteiger partial charge in [-0.2, -0.15) is 52.7 Å². The molecule has 0 bridgehead atoms. The molecule has 560 valence electrons. The Bertz CT molecular complexity index is 3750. The summed E-state index contributed by atoms with van der Waals surface area (Å²) in [5, 5.41) is 10.3. The molecule has 8 aromatic rings. The molecule has 13 nitrogen and oxygen atoms in total. The van der Waals surface area contributed by atoms with Crippen LogP contribution < -0.4 is 44.6 Å². The van der Waals surface area contributed by atoms with Crippen LogP contribution in [0.15, 0.2) is 213 Å². The second kappa shape index (κ2) is 35.4. The van der Waals surface area contributed by atoms with E-state index in [9.17, 15) is 57.5 Å². The van der Waals surface area contributed by atoms with Crippen molar-refractivity contribution in [1.82, 2.24) is 0 Å². The molecular formula is C80H86F12N8O5. The highest BCUT2D eigenvalue weighted by atomic mass is 19.4. The smallest absolute Gasteiger partial charge is 0.416 e. The first-order valence-electron chi connectivity index (χ1n) is 34.9. The van der Waals surface area contributed by atoms with Crippen LogP contribution in [0.2, 0.25) is 0 Å². The number of hydrogen-bond donors (Lipinski definition) is 8. The number of anilines is 4. The van der Waals surface area contributed by atoms with Crippen LogP contribution in [0.4, 0.5) is 75.4 Å². The number of allylic oxidation sites excluding steroid dienone is 1. The summed E-state index contributed by atoms with van der Waals surface area (Å²) in [6.45, 7) is 1.77. The van der Waals surface area contributed by atoms with Crippen molar-refractivity contribution in [2.45, 2.75) is 137 Å². The molecule has 0 spiro atoms. The minimum atomic E-state index is -4.37. The summed E-state index contributed by atoms with van der Waals surface area (Å²) >= 11 is 0. The van der Waals surface area contributed by atoms with Gasteiger partial charge in [-0.3, -0.25) is 4.79 Å². The third kappa shape index (κ3) is 20.4. The summed E-state index contributed by atoms with van der Waals surface area (Å²) < 4.78 is 178. The maximum absolute atomic E-state index is 13.2. The first kappa shape index (κ1) is 78.6. The van der Waals surface area contributed by atoms with Crippen molar-refractivity contribution in [2.24, 2.45) is 40.7 Å². The highest BCUT2D eigenvalue weighted by Gasteiger charge is 2.47. The Morgan fingerprint density at radius 1 is 0.371 bits per heavy atom. The number of nitrogens with two attached hydrogens (primary N) is 5. The number of aldehydes is 1. The van der Waals surface area contributed by atoms with Crippen LogP contribution in [0, 0.1) is 17.8 Å². The summed E-state index contributed by atoms with van der Waals surface area (Å²) in [4.78, 5) is 10.0. The van der Waals surface area contributed by atoms with Crippen LogP contribution in [0.3, 0.4) is 0 Å². The van der Waals surface area contributed by atoms with E-state index in [0.717, 1.165) is 110 Å². The highest BCUT2D eigenvalue weighted by Crippen LogP contribution is 2.55. The number of nitrogens with one attached hydrogen (secondary N) is 3. The number of carbonyl (C=O) groups is 1. The molecule has 25 heteroatoms. The van der Waals surface area contributed by atoms with Crippen LogP contribution in [0.25, 0.3) is 0 Å². The van der Waals surface area contributed by atoms with E-state index in [1.54, 1.807) is 18.4 Å². The van der Waals surface area contributed by atoms with Crippen LogP contribution in [-0.2, 0) is 43.7 Å². The lowest BCUT2D eigenvalue weighted by atomic mass is 9.76. The number of hydrogen-bond acceptors (Lipinski definition) is 13. The number of carbonyl (C=O) groups excluding carboxylic acids is 1. The Balaban J connectivity index is 0.000000143. The lowest BCUT2D eigenvalue weighted by Crippen LogP contribution is -2.41. The average molecular weight is 1470 g/mol. The van der Waals surface area contributed by atoms with E-state index < -0.39 is 47.0 Å². The van der Waals surface area contributed by atoms with Crippen molar-refractivity contribution >= 4 is 29.0 Å². The van der Waals surface area contributed by atoms with Gasteiger partial charge in [0.2, 0.25) is 0 Å². The van der Waals surface area contributed by atoms with Crippen LogP contribution in [0.5, 0.6) is 0 Å². The van der Waals surface area contributed by atoms with Gasteiger partial charge in [0.15, 0.2) is 0 Å². The fourth-order valence-electron chi connectivity index (χ4n) is 14.3. The lowest BCUT2D eigenvalue weighted by Gasteiger charge is -2.45. The Morgan fingerprint density at radius 2 is 0.676 bits per heavy atom. The Labute approximate surface area is 602 Å². The Hall–Kier alpha value is -8.95. The van der Waals surface area contributed by atoms with Gasteiger partial charge in [0.05, 0.1) is 83.3 Å². The van der Waals surface area contributed by atoms with E-state index >= 15 is 0 Å². The summed E-state index contributed by atoms with van der Waals surface area (Å²) in [6.07, 6.45) is -6.83. The van der Waals surface area contributed by atoms with Gasteiger partial charge in [-0.25, -0.2) is 0 Å². The molecule has 0 aliphatic carbocycles. The molecule has 3 fully saturated rings. The molecule has 13 atom stereocenters. The first-order chi connectivity index (χ1) is 50.3. The molecule has 0 unspecified atom stereocenters. The largest absolute Gasteiger partial charge is 0.497 e. The molecule has 13 N–H and O–H groups in total. The summed E-state index contributed by atoms with van der Waals surface area (Å²) in [5.74, 6) is 0.198. The quantitative estimate of drug-likeness (QED) is 0.0404. The van der Waals surface area contributed by atoms with Crippen LogP contribution >= 0.6 is 0 Å². The highest BCUT2D eigenvalue weighted by molar-refractivity contribution is 5.74. The molecule has 0 aromatic heterocycles. The molecule has 0 amide bonds. The normalized spacial score (nSPS) is 24.7. The molecular weight excluding hydrogens is 1380 g/mol. The minimum absolute atomic E-state index is 0.00385. The maximum atomic E-state index is 13.2.